The number of rotatable bonds is 10. The summed E-state index contributed by atoms with van der Waals surface area (Å²) in [5.74, 6) is -0.412. The zero-order valence-electron chi connectivity index (χ0n) is 22.3. The lowest BCUT2D eigenvalue weighted by Gasteiger charge is -2.27. The molecule has 1 spiro atoms. The molecule has 0 radical (unpaired) electrons. The Morgan fingerprint density at radius 3 is 2.52 bits per heavy atom. The van der Waals surface area contributed by atoms with Crippen LogP contribution in [0.4, 0.5) is 0 Å². The molecule has 2 aromatic carbocycles. The minimum absolute atomic E-state index is 0.0419. The highest BCUT2D eigenvalue weighted by Crippen LogP contribution is 2.39. The molecular formula is C29H35N3O6S2. The van der Waals surface area contributed by atoms with Gasteiger partial charge in [-0.25, -0.2) is 21.6 Å². The number of sulfonamides is 2. The lowest BCUT2D eigenvalue weighted by atomic mass is 9.86. The number of likely N-dealkylation sites (tertiary alicyclic amines) is 1. The second-order valence-electron chi connectivity index (χ2n) is 10.8. The Hall–Kier alpha value is -2.99. The molecule has 0 aliphatic carbocycles. The maximum atomic E-state index is 13.9. The fourth-order valence-corrected chi connectivity index (χ4v) is 7.84. The summed E-state index contributed by atoms with van der Waals surface area (Å²) in [6, 6.07) is 15.7. The number of amides is 1. The van der Waals surface area contributed by atoms with Crippen molar-refractivity contribution in [3.8, 4) is 0 Å². The molecule has 2 fully saturated rings. The van der Waals surface area contributed by atoms with E-state index in [0.717, 1.165) is 36.0 Å². The Bertz CT molecular complexity index is 1470. The van der Waals surface area contributed by atoms with Gasteiger partial charge in [0.05, 0.1) is 23.5 Å². The van der Waals surface area contributed by atoms with Crippen LogP contribution in [0, 0.1) is 5.41 Å². The molecule has 0 aromatic heterocycles. The Morgan fingerprint density at radius 2 is 1.85 bits per heavy atom. The summed E-state index contributed by atoms with van der Waals surface area (Å²) in [4.78, 5) is 15.9. The van der Waals surface area contributed by atoms with Crippen molar-refractivity contribution in [1.82, 2.24) is 13.9 Å². The van der Waals surface area contributed by atoms with E-state index in [1.54, 1.807) is 18.2 Å². The van der Waals surface area contributed by atoms with E-state index in [1.165, 1.54) is 22.6 Å². The van der Waals surface area contributed by atoms with E-state index in [4.69, 9.17) is 4.74 Å². The van der Waals surface area contributed by atoms with Crippen LogP contribution in [0.3, 0.4) is 0 Å². The lowest BCUT2D eigenvalue weighted by molar-refractivity contribution is -0.132. The highest BCUT2D eigenvalue weighted by molar-refractivity contribution is 7.92. The van der Waals surface area contributed by atoms with E-state index in [-0.39, 0.29) is 22.8 Å². The van der Waals surface area contributed by atoms with Crippen LogP contribution >= 0.6 is 0 Å². The summed E-state index contributed by atoms with van der Waals surface area (Å²) in [7, 11) is -7.62. The molecule has 0 bridgehead atoms. The van der Waals surface area contributed by atoms with Crippen molar-refractivity contribution in [3.63, 3.8) is 0 Å². The van der Waals surface area contributed by atoms with Gasteiger partial charge in [0.25, 0.3) is 10.0 Å². The third-order valence-corrected chi connectivity index (χ3v) is 11.0. The number of nitrogens with zero attached hydrogens (tertiary/aromatic N) is 2. The minimum atomic E-state index is -3.94. The van der Waals surface area contributed by atoms with E-state index in [1.807, 2.05) is 35.2 Å². The van der Waals surface area contributed by atoms with Gasteiger partial charge in [0.2, 0.25) is 15.9 Å². The standard InChI is InChI=1S/C29H35N3O6S2/c1-2-39(34,35)30-20-25-9-6-16-32(25)40(36,37)26-12-10-24(11-13-26)27(19-23-7-4-3-5-8-23)28(33)31-17-14-29(21-31)15-18-38-22-29/h2-8,10-13,16,25,27,30H,1,9,14-15,17-22H2/t25-,27?,29?/m0/s1. The van der Waals surface area contributed by atoms with Gasteiger partial charge in [-0.1, -0.05) is 55.1 Å². The summed E-state index contributed by atoms with van der Waals surface area (Å²) >= 11 is 0. The van der Waals surface area contributed by atoms with Gasteiger partial charge in [-0.05, 0) is 48.9 Å². The van der Waals surface area contributed by atoms with Gasteiger partial charge in [0.15, 0.2) is 0 Å². The maximum absolute atomic E-state index is 13.9. The zero-order valence-corrected chi connectivity index (χ0v) is 23.9. The van der Waals surface area contributed by atoms with E-state index < -0.39 is 32.0 Å². The monoisotopic (exact) mass is 585 g/mol. The van der Waals surface area contributed by atoms with Crippen molar-refractivity contribution in [2.75, 3.05) is 32.8 Å². The highest BCUT2D eigenvalue weighted by Gasteiger charge is 2.44. The average molecular weight is 586 g/mol. The van der Waals surface area contributed by atoms with Crippen LogP contribution in [-0.2, 0) is 36.0 Å². The quantitative estimate of drug-likeness (QED) is 0.459. The van der Waals surface area contributed by atoms with Gasteiger partial charge in [0.1, 0.15) is 0 Å². The topological polar surface area (TPSA) is 113 Å². The Morgan fingerprint density at radius 1 is 1.10 bits per heavy atom. The van der Waals surface area contributed by atoms with Crippen LogP contribution in [0.2, 0.25) is 0 Å². The fraction of sp³-hybridized carbons (Fsp3) is 0.414. The molecule has 3 aliphatic rings. The molecule has 214 valence electrons. The first-order valence-corrected chi connectivity index (χ1v) is 16.4. The Labute approximate surface area is 236 Å². The molecular weight excluding hydrogens is 550 g/mol. The first-order chi connectivity index (χ1) is 19.1. The van der Waals surface area contributed by atoms with E-state index in [0.29, 0.717) is 32.5 Å². The molecule has 11 heteroatoms. The summed E-state index contributed by atoms with van der Waals surface area (Å²) < 4.78 is 59.7. The van der Waals surface area contributed by atoms with Crippen LogP contribution in [0.1, 0.15) is 36.3 Å². The number of ether oxygens (including phenoxy) is 1. The van der Waals surface area contributed by atoms with Gasteiger partial charge in [-0.2, -0.15) is 0 Å². The molecule has 2 unspecified atom stereocenters. The molecule has 1 N–H and O–H groups in total. The van der Waals surface area contributed by atoms with Crippen molar-refractivity contribution >= 4 is 26.0 Å². The summed E-state index contributed by atoms with van der Waals surface area (Å²) in [6.45, 7) is 5.99. The van der Waals surface area contributed by atoms with Crippen molar-refractivity contribution in [3.05, 3.63) is 90.0 Å². The molecule has 3 atom stereocenters. The average Bonchev–Trinajstić information content (AvgIpc) is 3.73. The number of carbonyl (C=O) groups is 1. The number of benzene rings is 2. The van der Waals surface area contributed by atoms with Crippen molar-refractivity contribution in [2.45, 2.75) is 42.5 Å². The van der Waals surface area contributed by atoms with Gasteiger partial charge < -0.3 is 9.64 Å². The highest BCUT2D eigenvalue weighted by atomic mass is 32.2. The molecule has 2 aromatic rings. The first kappa shape index (κ1) is 28.5. The van der Waals surface area contributed by atoms with E-state index in [2.05, 4.69) is 11.3 Å². The van der Waals surface area contributed by atoms with Gasteiger partial charge >= 0.3 is 0 Å². The number of hydrogen-bond donors (Lipinski definition) is 1. The largest absolute Gasteiger partial charge is 0.381 e. The normalized spacial score (nSPS) is 23.6. The molecule has 0 saturated carbocycles. The van der Waals surface area contributed by atoms with Gasteiger partial charge in [-0.3, -0.25) is 9.10 Å². The zero-order chi connectivity index (χ0) is 28.4. The first-order valence-electron chi connectivity index (χ1n) is 13.5. The summed E-state index contributed by atoms with van der Waals surface area (Å²) in [5.41, 5.74) is 1.83. The van der Waals surface area contributed by atoms with Crippen molar-refractivity contribution in [2.24, 2.45) is 5.41 Å². The smallest absolute Gasteiger partial charge is 0.264 e. The second kappa shape index (κ2) is 11.5. The fourth-order valence-electron chi connectivity index (χ4n) is 5.77. The predicted octanol–water partition coefficient (Wildman–Crippen LogP) is 2.99. The van der Waals surface area contributed by atoms with Crippen LogP contribution in [0.25, 0.3) is 0 Å². The van der Waals surface area contributed by atoms with Crippen LogP contribution in [-0.4, -0.2) is 70.8 Å². The number of carbonyl (C=O) groups excluding carboxylic acids is 1. The molecule has 5 rings (SSSR count). The van der Waals surface area contributed by atoms with Crippen LogP contribution < -0.4 is 4.72 Å². The number of nitrogens with one attached hydrogen (secondary N) is 1. The van der Waals surface area contributed by atoms with Gasteiger partial charge in [-0.15, -0.1) is 0 Å². The van der Waals surface area contributed by atoms with Crippen LogP contribution in [0.5, 0.6) is 0 Å². The molecule has 3 aliphatic heterocycles. The maximum Gasteiger partial charge on any atom is 0.264 e. The van der Waals surface area contributed by atoms with Crippen LogP contribution in [0.15, 0.2) is 83.8 Å². The number of hydrogen-bond acceptors (Lipinski definition) is 6. The lowest BCUT2D eigenvalue weighted by Crippen LogP contribution is -2.41. The Balaban J connectivity index is 1.36. The minimum Gasteiger partial charge on any atom is -0.381 e. The second-order valence-corrected chi connectivity index (χ2v) is 14.3. The molecule has 40 heavy (non-hydrogen) atoms. The predicted molar refractivity (Wildman–Crippen MR) is 152 cm³/mol. The van der Waals surface area contributed by atoms with Gasteiger partial charge in [0, 0.05) is 43.3 Å². The van der Waals surface area contributed by atoms with Crippen molar-refractivity contribution < 1.29 is 26.4 Å². The van der Waals surface area contributed by atoms with E-state index >= 15 is 0 Å². The third-order valence-electron chi connectivity index (χ3n) is 8.13. The molecule has 1 amide bonds. The Kier molecular flexibility index (Phi) is 8.19. The summed E-state index contributed by atoms with van der Waals surface area (Å²) in [5, 5.41) is 0.795. The SMILES string of the molecule is C=CS(=O)(=O)NC[C@@H]1CC=CN1S(=O)(=O)c1ccc(C(Cc2ccccc2)C(=O)N2CCC3(CCOC3)C2)cc1. The summed E-state index contributed by atoms with van der Waals surface area (Å²) in [6.07, 6.45) is 5.95. The van der Waals surface area contributed by atoms with Crippen molar-refractivity contribution in [1.29, 1.82) is 0 Å². The van der Waals surface area contributed by atoms with E-state index in [9.17, 15) is 21.6 Å². The third kappa shape index (κ3) is 6.02. The molecule has 9 nitrogen and oxygen atoms in total. The molecule has 2 saturated heterocycles. The molecule has 3 heterocycles.